The monoisotopic (exact) mass is 210 g/mol. The minimum absolute atomic E-state index is 0.0787. The molecule has 0 radical (unpaired) electrons. The molecular weight excluding hydrogens is 192 g/mol. The first kappa shape index (κ1) is 12.9. The molecule has 0 unspecified atom stereocenters. The molecule has 0 bridgehead atoms. The van der Waals surface area contributed by atoms with Crippen molar-refractivity contribution in [3.63, 3.8) is 0 Å². The van der Waals surface area contributed by atoms with Gasteiger partial charge in [0.05, 0.1) is 6.61 Å². The first-order valence-corrected chi connectivity index (χ1v) is 5.98. The number of hydrogen-bond donors (Lipinski definition) is 1. The van der Waals surface area contributed by atoms with Crippen molar-refractivity contribution < 1.29 is 17.2 Å². The third kappa shape index (κ3) is 8.21. The minimum Gasteiger partial charge on any atom is -0.264 e. The van der Waals surface area contributed by atoms with E-state index in [2.05, 4.69) is 18.0 Å². The van der Waals surface area contributed by atoms with E-state index in [-0.39, 0.29) is 6.61 Å². The summed E-state index contributed by atoms with van der Waals surface area (Å²) in [6.45, 7) is 4.30. The van der Waals surface area contributed by atoms with E-state index in [1.165, 1.54) is 0 Å². The van der Waals surface area contributed by atoms with E-state index < -0.39 is 10.4 Å². The normalized spacial score (nSPS) is 12.3. The zero-order valence-electron chi connectivity index (χ0n) is 8.19. The predicted molar refractivity (Wildman–Crippen MR) is 50.8 cm³/mol. The highest BCUT2D eigenvalue weighted by Crippen LogP contribution is 2.14. The summed E-state index contributed by atoms with van der Waals surface area (Å²) in [6, 6.07) is 0. The summed E-state index contributed by atoms with van der Waals surface area (Å²) in [7, 11) is -4.24. The molecule has 0 aliphatic carbocycles. The lowest BCUT2D eigenvalue weighted by Crippen LogP contribution is -2.06. The van der Waals surface area contributed by atoms with E-state index in [0.717, 1.165) is 19.3 Å². The Morgan fingerprint density at radius 2 is 1.85 bits per heavy atom. The average molecular weight is 210 g/mol. The number of rotatable bonds is 7. The molecule has 5 heteroatoms. The smallest absolute Gasteiger partial charge is 0.264 e. The Bertz CT molecular complexity index is 206. The van der Waals surface area contributed by atoms with Crippen molar-refractivity contribution in [3.05, 3.63) is 0 Å². The molecule has 0 rings (SSSR count). The van der Waals surface area contributed by atoms with Crippen molar-refractivity contribution in [2.75, 3.05) is 6.61 Å². The van der Waals surface area contributed by atoms with Crippen LogP contribution in [0.3, 0.4) is 0 Å². The van der Waals surface area contributed by atoms with E-state index in [1.807, 2.05) is 0 Å². The van der Waals surface area contributed by atoms with E-state index in [4.69, 9.17) is 4.55 Å². The summed E-state index contributed by atoms with van der Waals surface area (Å²) in [5.41, 5.74) is 0. The van der Waals surface area contributed by atoms with Crippen molar-refractivity contribution >= 4 is 10.4 Å². The summed E-state index contributed by atoms with van der Waals surface area (Å²) >= 11 is 0. The Hall–Kier alpha value is -0.130. The molecule has 0 amide bonds. The van der Waals surface area contributed by atoms with Crippen LogP contribution < -0.4 is 0 Å². The average Bonchev–Trinajstić information content (AvgIpc) is 2.03. The fraction of sp³-hybridized carbons (Fsp3) is 1.00. The summed E-state index contributed by atoms with van der Waals surface area (Å²) < 4.78 is 32.7. The summed E-state index contributed by atoms with van der Waals surface area (Å²) in [4.78, 5) is 0. The third-order valence-electron chi connectivity index (χ3n) is 2.14. The zero-order chi connectivity index (χ0) is 10.3. The Kier molecular flexibility index (Phi) is 6.28. The van der Waals surface area contributed by atoms with E-state index >= 15 is 0 Å². The van der Waals surface area contributed by atoms with Crippen LogP contribution in [0.4, 0.5) is 0 Å². The first-order valence-electron chi connectivity index (χ1n) is 4.61. The highest BCUT2D eigenvalue weighted by atomic mass is 32.3. The van der Waals surface area contributed by atoms with Crippen LogP contribution in [0, 0.1) is 5.92 Å². The van der Waals surface area contributed by atoms with Gasteiger partial charge in [0.2, 0.25) is 0 Å². The molecule has 0 aromatic carbocycles. The van der Waals surface area contributed by atoms with Gasteiger partial charge in [-0.1, -0.05) is 26.7 Å². The maximum absolute atomic E-state index is 10.1. The molecule has 0 atom stereocenters. The SMILES string of the molecule is CCC(CC)CCCOS(=O)(=O)O. The van der Waals surface area contributed by atoms with Crippen molar-refractivity contribution in [2.45, 2.75) is 39.5 Å². The molecule has 1 N–H and O–H groups in total. The lowest BCUT2D eigenvalue weighted by molar-refractivity contribution is 0.253. The van der Waals surface area contributed by atoms with Crippen LogP contribution in [0.15, 0.2) is 0 Å². The Labute approximate surface area is 80.2 Å². The first-order chi connectivity index (χ1) is 5.99. The van der Waals surface area contributed by atoms with E-state index in [1.54, 1.807) is 0 Å². The van der Waals surface area contributed by atoms with Gasteiger partial charge in [0.15, 0.2) is 0 Å². The van der Waals surface area contributed by atoms with E-state index in [0.29, 0.717) is 12.3 Å². The zero-order valence-corrected chi connectivity index (χ0v) is 9.01. The molecule has 0 saturated carbocycles. The van der Waals surface area contributed by atoms with Crippen LogP contribution in [0.2, 0.25) is 0 Å². The molecule has 0 saturated heterocycles. The fourth-order valence-electron chi connectivity index (χ4n) is 1.23. The fourth-order valence-corrected chi connectivity index (χ4v) is 1.56. The van der Waals surface area contributed by atoms with Gasteiger partial charge in [0.1, 0.15) is 0 Å². The summed E-state index contributed by atoms with van der Waals surface area (Å²) in [6.07, 6.45) is 3.82. The van der Waals surface area contributed by atoms with Crippen LogP contribution >= 0.6 is 0 Å². The van der Waals surface area contributed by atoms with Gasteiger partial charge < -0.3 is 0 Å². The minimum atomic E-state index is -4.24. The van der Waals surface area contributed by atoms with Crippen LogP contribution in [0.25, 0.3) is 0 Å². The van der Waals surface area contributed by atoms with Gasteiger partial charge in [-0.3, -0.25) is 4.55 Å². The predicted octanol–water partition coefficient (Wildman–Crippen LogP) is 2.02. The molecule has 4 nitrogen and oxygen atoms in total. The molecule has 0 aromatic heterocycles. The van der Waals surface area contributed by atoms with Gasteiger partial charge >= 0.3 is 10.4 Å². The summed E-state index contributed by atoms with van der Waals surface area (Å²) in [5, 5.41) is 0. The lowest BCUT2D eigenvalue weighted by Gasteiger charge is -2.10. The van der Waals surface area contributed by atoms with Gasteiger partial charge in [-0.25, -0.2) is 4.18 Å². The van der Waals surface area contributed by atoms with Crippen LogP contribution in [-0.4, -0.2) is 19.6 Å². The molecule has 0 aliphatic heterocycles. The second kappa shape index (κ2) is 6.34. The third-order valence-corrected chi connectivity index (χ3v) is 2.61. The van der Waals surface area contributed by atoms with Crippen molar-refractivity contribution in [3.8, 4) is 0 Å². The number of hydrogen-bond acceptors (Lipinski definition) is 3. The standard InChI is InChI=1S/C8H18O4S/c1-3-8(4-2)6-5-7-12-13(9,10)11/h8H,3-7H2,1-2H3,(H,9,10,11). The second-order valence-corrected chi connectivity index (χ2v) is 4.17. The molecule has 13 heavy (non-hydrogen) atoms. The Morgan fingerprint density at radius 3 is 2.23 bits per heavy atom. The molecule has 0 aromatic rings. The highest BCUT2D eigenvalue weighted by molar-refractivity contribution is 7.80. The van der Waals surface area contributed by atoms with E-state index in [9.17, 15) is 8.42 Å². The van der Waals surface area contributed by atoms with Gasteiger partial charge in [0, 0.05) is 0 Å². The lowest BCUT2D eigenvalue weighted by atomic mass is 9.98. The molecular formula is C8H18O4S. The molecule has 80 valence electrons. The summed E-state index contributed by atoms with van der Waals surface area (Å²) in [5.74, 6) is 0.630. The van der Waals surface area contributed by atoms with Crippen LogP contribution in [-0.2, 0) is 14.6 Å². The van der Waals surface area contributed by atoms with Crippen molar-refractivity contribution in [2.24, 2.45) is 5.92 Å². The van der Waals surface area contributed by atoms with Gasteiger partial charge in [-0.2, -0.15) is 8.42 Å². The van der Waals surface area contributed by atoms with Crippen molar-refractivity contribution in [1.82, 2.24) is 0 Å². The maximum Gasteiger partial charge on any atom is 0.397 e. The second-order valence-electron chi connectivity index (χ2n) is 3.07. The Balaban J connectivity index is 3.45. The largest absolute Gasteiger partial charge is 0.397 e. The Morgan fingerprint density at radius 1 is 1.31 bits per heavy atom. The van der Waals surface area contributed by atoms with Gasteiger partial charge in [-0.15, -0.1) is 0 Å². The maximum atomic E-state index is 10.1. The molecule has 0 heterocycles. The highest BCUT2D eigenvalue weighted by Gasteiger charge is 2.06. The van der Waals surface area contributed by atoms with Crippen molar-refractivity contribution in [1.29, 1.82) is 0 Å². The van der Waals surface area contributed by atoms with Crippen LogP contribution in [0.5, 0.6) is 0 Å². The van der Waals surface area contributed by atoms with Gasteiger partial charge in [0.25, 0.3) is 0 Å². The van der Waals surface area contributed by atoms with Crippen LogP contribution in [0.1, 0.15) is 39.5 Å². The molecule has 0 fully saturated rings. The topological polar surface area (TPSA) is 63.6 Å². The molecule has 0 spiro atoms. The van der Waals surface area contributed by atoms with Gasteiger partial charge in [-0.05, 0) is 18.8 Å². The molecule has 0 aliphatic rings. The quantitative estimate of drug-likeness (QED) is 0.516.